The van der Waals surface area contributed by atoms with Crippen LogP contribution in [0.4, 0.5) is 17.1 Å². The first kappa shape index (κ1) is 33.7. The van der Waals surface area contributed by atoms with Crippen LogP contribution in [0.2, 0.25) is 0 Å². The van der Waals surface area contributed by atoms with Crippen molar-refractivity contribution >= 4 is 92.1 Å². The topological polar surface area (TPSA) is 16.4 Å². The summed E-state index contributed by atoms with van der Waals surface area (Å²) >= 11 is 1.87. The molecule has 12 aromatic rings. The van der Waals surface area contributed by atoms with E-state index >= 15 is 0 Å². The van der Waals surface area contributed by atoms with Crippen molar-refractivity contribution in [3.8, 4) is 33.4 Å². The maximum absolute atomic E-state index is 6.49. The predicted molar refractivity (Wildman–Crippen MR) is 253 cm³/mol. The zero-order valence-corrected chi connectivity index (χ0v) is 32.8. The minimum atomic E-state index is 0.865. The molecule has 59 heavy (non-hydrogen) atoms. The summed E-state index contributed by atoms with van der Waals surface area (Å²) in [6, 6.07) is 77.0. The van der Waals surface area contributed by atoms with Gasteiger partial charge in [0.15, 0.2) is 0 Å². The molecule has 0 radical (unpaired) electrons. The Kier molecular flexibility index (Phi) is 7.75. The highest BCUT2D eigenvalue weighted by Gasteiger charge is 2.22. The van der Waals surface area contributed by atoms with E-state index in [0.29, 0.717) is 0 Å². The number of benzene rings is 10. The number of nitrogens with zero attached hydrogens (tertiary/aromatic N) is 1. The van der Waals surface area contributed by atoms with Gasteiger partial charge in [0.25, 0.3) is 0 Å². The monoisotopic (exact) mass is 769 g/mol. The number of rotatable bonds is 6. The van der Waals surface area contributed by atoms with Gasteiger partial charge in [-0.15, -0.1) is 11.3 Å². The van der Waals surface area contributed by atoms with E-state index in [1.165, 1.54) is 75.1 Å². The Bertz CT molecular complexity index is 3560. The van der Waals surface area contributed by atoms with E-state index in [0.717, 1.165) is 39.0 Å². The second kappa shape index (κ2) is 13.6. The second-order valence-electron chi connectivity index (χ2n) is 15.2. The maximum Gasteiger partial charge on any atom is 0.137 e. The minimum Gasteiger partial charge on any atom is -0.456 e. The molecule has 2 aromatic heterocycles. The summed E-state index contributed by atoms with van der Waals surface area (Å²) < 4.78 is 9.08. The average Bonchev–Trinajstić information content (AvgIpc) is 3.89. The number of thiophene rings is 1. The third-order valence-corrected chi connectivity index (χ3v) is 13.1. The summed E-state index contributed by atoms with van der Waals surface area (Å²) in [4.78, 5) is 2.41. The Morgan fingerprint density at radius 3 is 1.86 bits per heavy atom. The molecule has 276 valence electrons. The Labute approximate surface area is 345 Å². The molecule has 0 spiro atoms. The molecule has 0 bridgehead atoms. The molecule has 0 aliphatic heterocycles. The molecule has 0 fully saturated rings. The summed E-state index contributed by atoms with van der Waals surface area (Å²) in [5.41, 5.74) is 12.2. The molecule has 10 aromatic carbocycles. The van der Waals surface area contributed by atoms with E-state index in [9.17, 15) is 0 Å². The molecule has 3 heteroatoms. The van der Waals surface area contributed by atoms with E-state index < -0.39 is 0 Å². The van der Waals surface area contributed by atoms with Crippen LogP contribution in [0.5, 0.6) is 0 Å². The van der Waals surface area contributed by atoms with E-state index in [1.54, 1.807) is 0 Å². The fraction of sp³-hybridized carbons (Fsp3) is 0. The van der Waals surface area contributed by atoms with Crippen LogP contribution in [0.1, 0.15) is 0 Å². The van der Waals surface area contributed by atoms with Gasteiger partial charge >= 0.3 is 0 Å². The molecule has 0 unspecified atom stereocenters. The van der Waals surface area contributed by atoms with Gasteiger partial charge in [-0.3, -0.25) is 0 Å². The molecule has 0 atom stereocenters. The summed E-state index contributed by atoms with van der Waals surface area (Å²) in [7, 11) is 0. The standard InChI is InChI=1S/C56H35NOS/c1-2-14-36(15-3-1)42-33-32-40(35-50(42)47-23-12-22-46-45-20-9-11-27-54(45)59-56(46)47)57(51-24-13-26-53-55(51)48-21-8-10-25-52(48)58-53)39-30-28-37(29-31-39)49-34-38-16-4-5-17-41(38)43-18-6-7-19-44(43)49/h1-35H. The quantitative estimate of drug-likeness (QED) is 0.157. The first-order chi connectivity index (χ1) is 29.3. The third kappa shape index (κ3) is 5.47. The second-order valence-corrected chi connectivity index (χ2v) is 16.3. The molecule has 2 nitrogen and oxygen atoms in total. The van der Waals surface area contributed by atoms with Gasteiger partial charge in [-0.2, -0.15) is 0 Å². The van der Waals surface area contributed by atoms with Crippen molar-refractivity contribution in [2.45, 2.75) is 0 Å². The van der Waals surface area contributed by atoms with Crippen LogP contribution in [-0.4, -0.2) is 0 Å². The normalized spacial score (nSPS) is 11.7. The maximum atomic E-state index is 6.49. The van der Waals surface area contributed by atoms with Gasteiger partial charge in [0.1, 0.15) is 11.2 Å². The Morgan fingerprint density at radius 1 is 0.356 bits per heavy atom. The highest BCUT2D eigenvalue weighted by molar-refractivity contribution is 7.26. The first-order valence-electron chi connectivity index (χ1n) is 20.1. The van der Waals surface area contributed by atoms with Crippen LogP contribution in [0, 0.1) is 0 Å². The smallest absolute Gasteiger partial charge is 0.137 e. The number of anilines is 3. The number of fused-ring (bicyclic) bond motifs is 9. The summed E-state index contributed by atoms with van der Waals surface area (Å²) in [6.07, 6.45) is 0. The van der Waals surface area contributed by atoms with Gasteiger partial charge in [0.2, 0.25) is 0 Å². The largest absolute Gasteiger partial charge is 0.456 e. The minimum absolute atomic E-state index is 0.865. The fourth-order valence-electron chi connectivity index (χ4n) is 9.18. The summed E-state index contributed by atoms with van der Waals surface area (Å²) in [5, 5.41) is 9.81. The lowest BCUT2D eigenvalue weighted by Crippen LogP contribution is -2.10. The van der Waals surface area contributed by atoms with Gasteiger partial charge in [0.05, 0.1) is 11.1 Å². The van der Waals surface area contributed by atoms with Crippen molar-refractivity contribution in [3.05, 3.63) is 212 Å². The predicted octanol–water partition coefficient (Wildman–Crippen LogP) is 16.7. The third-order valence-electron chi connectivity index (χ3n) is 11.9. The zero-order chi connectivity index (χ0) is 38.9. The average molecular weight is 770 g/mol. The van der Waals surface area contributed by atoms with Crippen LogP contribution < -0.4 is 4.90 Å². The molecule has 12 rings (SSSR count). The SMILES string of the molecule is c1ccc(-c2ccc(N(c3ccc(-c4cc5ccccc5c5ccccc45)cc3)c3cccc4oc5ccccc5c34)cc2-c2cccc3c2sc2ccccc23)cc1. The number of hydrogen-bond donors (Lipinski definition) is 0. The van der Waals surface area contributed by atoms with E-state index in [4.69, 9.17) is 4.42 Å². The van der Waals surface area contributed by atoms with Crippen LogP contribution in [0.25, 0.3) is 97.0 Å². The number of para-hydroxylation sites is 1. The van der Waals surface area contributed by atoms with Crippen molar-refractivity contribution in [2.24, 2.45) is 0 Å². The first-order valence-corrected chi connectivity index (χ1v) is 20.9. The van der Waals surface area contributed by atoms with E-state index in [1.807, 2.05) is 17.4 Å². The van der Waals surface area contributed by atoms with Crippen LogP contribution in [-0.2, 0) is 0 Å². The molecule has 0 amide bonds. The van der Waals surface area contributed by atoms with Gasteiger partial charge in [-0.1, -0.05) is 158 Å². The lowest BCUT2D eigenvalue weighted by Gasteiger charge is -2.28. The number of furan rings is 1. The molecule has 0 N–H and O–H groups in total. The highest BCUT2D eigenvalue weighted by Crippen LogP contribution is 2.48. The molecule has 0 aliphatic rings. The van der Waals surface area contributed by atoms with Crippen molar-refractivity contribution in [3.63, 3.8) is 0 Å². The van der Waals surface area contributed by atoms with Crippen molar-refractivity contribution < 1.29 is 4.42 Å². The van der Waals surface area contributed by atoms with Gasteiger partial charge < -0.3 is 9.32 Å². The Balaban J connectivity index is 1.10. The van der Waals surface area contributed by atoms with Crippen LogP contribution >= 0.6 is 11.3 Å². The van der Waals surface area contributed by atoms with Gasteiger partial charge in [-0.25, -0.2) is 0 Å². The Hall–Kier alpha value is -7.46. The lowest BCUT2D eigenvalue weighted by molar-refractivity contribution is 0.669. The molecule has 0 saturated heterocycles. The van der Waals surface area contributed by atoms with Crippen LogP contribution in [0.3, 0.4) is 0 Å². The lowest BCUT2D eigenvalue weighted by atomic mass is 9.92. The van der Waals surface area contributed by atoms with Crippen molar-refractivity contribution in [1.29, 1.82) is 0 Å². The fourth-order valence-corrected chi connectivity index (χ4v) is 10.4. The van der Waals surface area contributed by atoms with E-state index in [-0.39, 0.29) is 0 Å². The molecule has 2 heterocycles. The zero-order valence-electron chi connectivity index (χ0n) is 32.0. The van der Waals surface area contributed by atoms with Crippen LogP contribution in [0.15, 0.2) is 217 Å². The van der Waals surface area contributed by atoms with Gasteiger partial charge in [-0.05, 0) is 104 Å². The molecular weight excluding hydrogens is 735 g/mol. The molecule has 0 saturated carbocycles. The van der Waals surface area contributed by atoms with E-state index in [2.05, 4.69) is 211 Å². The summed E-state index contributed by atoms with van der Waals surface area (Å²) in [6.45, 7) is 0. The molecule has 0 aliphatic carbocycles. The van der Waals surface area contributed by atoms with Gasteiger partial charge in [0, 0.05) is 42.5 Å². The van der Waals surface area contributed by atoms with Crippen molar-refractivity contribution in [2.75, 3.05) is 4.90 Å². The Morgan fingerprint density at radius 2 is 1.00 bits per heavy atom. The van der Waals surface area contributed by atoms with Crippen molar-refractivity contribution in [1.82, 2.24) is 0 Å². The molecular formula is C56H35NOS. The number of hydrogen-bond acceptors (Lipinski definition) is 3. The summed E-state index contributed by atoms with van der Waals surface area (Å²) in [5.74, 6) is 0. The highest BCUT2D eigenvalue weighted by atomic mass is 32.1.